The zero-order valence-electron chi connectivity index (χ0n) is 22.6. The van der Waals surface area contributed by atoms with E-state index in [1.54, 1.807) is 13.8 Å². The largest absolute Gasteiger partial charge is 0.394 e. The Labute approximate surface area is 181 Å². The Morgan fingerprint density at radius 3 is 1.31 bits per heavy atom. The minimum Gasteiger partial charge on any atom is -0.244 e. The maximum absolute atomic E-state index is 13.1. The topological polar surface area (TPSA) is 0 Å². The normalized spacial score (nSPS) is 49.9. The van der Waals surface area contributed by atoms with E-state index in [-0.39, 0.29) is 24.6 Å². The van der Waals surface area contributed by atoms with E-state index in [2.05, 4.69) is 13.8 Å². The average molecular weight is 426 g/mol. The van der Waals surface area contributed by atoms with Crippen LogP contribution in [0, 0.1) is 29.0 Å². The standard InChI is InChI=1S/C9H15F3.C8H15F.C8H16/c1-7-3-5-8(2,6-4-7)9(10,11)12;1-7-3-5-8(2,9)6-4-7;1-7-3-5-8(2)6-4-7/h7H,3-6H2,1-2H3;7H,3-6H2,1-2H3;7-8H,3-6H2,1-2H3/i3*7D. The summed E-state index contributed by atoms with van der Waals surface area (Å²) < 4.78 is 73.7. The van der Waals surface area contributed by atoms with Gasteiger partial charge in [-0.05, 0) is 81.9 Å². The molecular weight excluding hydrogens is 376 g/mol. The van der Waals surface area contributed by atoms with Crippen LogP contribution in [0.3, 0.4) is 0 Å². The van der Waals surface area contributed by atoms with Crippen molar-refractivity contribution in [3.8, 4) is 0 Å². The maximum atomic E-state index is 13.1. The lowest BCUT2D eigenvalue weighted by Crippen LogP contribution is -2.38. The molecule has 0 nitrogen and oxygen atoms in total. The molecule has 0 heterocycles. The minimum absolute atomic E-state index is 0.0908. The van der Waals surface area contributed by atoms with E-state index in [1.165, 1.54) is 19.8 Å². The molecule has 0 aliphatic heterocycles. The van der Waals surface area contributed by atoms with E-state index >= 15 is 0 Å². The highest BCUT2D eigenvalue weighted by Crippen LogP contribution is 2.49. The van der Waals surface area contributed by atoms with Crippen LogP contribution in [0.2, 0.25) is 0 Å². The smallest absolute Gasteiger partial charge is 0.244 e. The molecule has 3 saturated carbocycles. The molecule has 0 unspecified atom stereocenters. The van der Waals surface area contributed by atoms with E-state index < -0.39 is 23.2 Å². The minimum atomic E-state index is -4.11. The van der Waals surface area contributed by atoms with E-state index in [0.29, 0.717) is 38.5 Å². The van der Waals surface area contributed by atoms with Crippen molar-refractivity contribution < 1.29 is 21.7 Å². The highest BCUT2D eigenvalue weighted by molar-refractivity contribution is 4.86. The van der Waals surface area contributed by atoms with Gasteiger partial charge in [-0.2, -0.15) is 13.2 Å². The monoisotopic (exact) mass is 425 g/mol. The average Bonchev–Trinajstić information content (AvgIpc) is 2.64. The van der Waals surface area contributed by atoms with Gasteiger partial charge in [0.05, 0.1) is 5.41 Å². The Balaban J connectivity index is 0.000000245. The van der Waals surface area contributed by atoms with Gasteiger partial charge in [0.1, 0.15) is 5.67 Å². The lowest BCUT2D eigenvalue weighted by molar-refractivity contribution is -0.229. The molecule has 29 heavy (non-hydrogen) atoms. The SMILES string of the molecule is [2H]C1(C)CCC(C)(C(F)(F)F)CC1.[2H]C1(C)CCC(C)(F)CC1.[2H]C1(C)CCC(C)CC1. The van der Waals surface area contributed by atoms with Crippen LogP contribution in [0.1, 0.15) is 123 Å². The van der Waals surface area contributed by atoms with E-state index in [4.69, 9.17) is 4.11 Å². The second kappa shape index (κ2) is 11.4. The molecule has 0 atom stereocenters. The van der Waals surface area contributed by atoms with Crippen molar-refractivity contribution in [2.45, 2.75) is 130 Å². The Hall–Kier alpha value is -0.280. The zero-order chi connectivity index (χ0) is 25.1. The molecule has 0 amide bonds. The van der Waals surface area contributed by atoms with Crippen LogP contribution in [-0.2, 0) is 0 Å². The molecule has 0 N–H and O–H groups in total. The summed E-state index contributed by atoms with van der Waals surface area (Å²) in [6.45, 7) is 10.9. The summed E-state index contributed by atoms with van der Waals surface area (Å²) in [5, 5.41) is 0. The van der Waals surface area contributed by atoms with Gasteiger partial charge >= 0.3 is 6.18 Å². The third-order valence-corrected chi connectivity index (χ3v) is 7.17. The molecule has 4 heteroatoms. The number of halogens is 4. The Kier molecular flexibility index (Phi) is 8.60. The van der Waals surface area contributed by atoms with Crippen molar-refractivity contribution in [2.75, 3.05) is 0 Å². The van der Waals surface area contributed by atoms with Crippen molar-refractivity contribution >= 4 is 0 Å². The Morgan fingerprint density at radius 2 is 1.00 bits per heavy atom. The van der Waals surface area contributed by atoms with Crippen LogP contribution >= 0.6 is 0 Å². The summed E-state index contributed by atoms with van der Waals surface area (Å²) >= 11 is 0. The molecule has 3 aliphatic rings. The van der Waals surface area contributed by atoms with Gasteiger partial charge in [0.15, 0.2) is 0 Å². The second-order valence-corrected chi connectivity index (χ2v) is 10.5. The first-order valence-electron chi connectivity index (χ1n) is 12.9. The summed E-state index contributed by atoms with van der Waals surface area (Å²) in [7, 11) is 0. The van der Waals surface area contributed by atoms with Crippen LogP contribution in [0.15, 0.2) is 0 Å². The maximum Gasteiger partial charge on any atom is 0.394 e. The quantitative estimate of drug-likeness (QED) is 0.339. The van der Waals surface area contributed by atoms with Crippen molar-refractivity contribution in [1.29, 1.82) is 0 Å². The predicted octanol–water partition coefficient (Wildman–Crippen LogP) is 9.52. The van der Waals surface area contributed by atoms with Gasteiger partial charge in [-0.1, -0.05) is 60.3 Å². The first kappa shape index (κ1) is 21.9. The van der Waals surface area contributed by atoms with Crippen LogP contribution in [0.5, 0.6) is 0 Å². The molecule has 174 valence electrons. The molecule has 0 aromatic heterocycles. The Bertz CT molecular complexity index is 534. The lowest BCUT2D eigenvalue weighted by atomic mass is 9.72. The molecule has 3 aliphatic carbocycles. The van der Waals surface area contributed by atoms with Gasteiger partial charge in [-0.25, -0.2) is 4.39 Å². The zero-order valence-corrected chi connectivity index (χ0v) is 19.6. The number of hydrogen-bond donors (Lipinski definition) is 0. The predicted molar refractivity (Wildman–Crippen MR) is 116 cm³/mol. The van der Waals surface area contributed by atoms with Gasteiger partial charge < -0.3 is 0 Å². The van der Waals surface area contributed by atoms with E-state index in [9.17, 15) is 17.6 Å². The highest BCUT2D eigenvalue weighted by atomic mass is 19.4. The van der Waals surface area contributed by atoms with Gasteiger partial charge in [0.25, 0.3) is 0 Å². The molecule has 0 saturated heterocycles. The molecule has 0 aromatic rings. The lowest BCUT2D eigenvalue weighted by Gasteiger charge is -2.37. The Morgan fingerprint density at radius 1 is 0.655 bits per heavy atom. The number of alkyl halides is 4. The summed E-state index contributed by atoms with van der Waals surface area (Å²) in [5.41, 5.74) is -2.53. The third-order valence-electron chi connectivity index (χ3n) is 7.17. The van der Waals surface area contributed by atoms with Crippen LogP contribution in [-0.4, -0.2) is 11.8 Å². The molecule has 3 rings (SSSR count). The fourth-order valence-corrected chi connectivity index (χ4v) is 3.97. The van der Waals surface area contributed by atoms with Crippen LogP contribution in [0.25, 0.3) is 0 Å². The molecule has 0 spiro atoms. The number of rotatable bonds is 0. The van der Waals surface area contributed by atoms with Crippen molar-refractivity contribution in [2.24, 2.45) is 29.0 Å². The first-order valence-corrected chi connectivity index (χ1v) is 11.4. The molecular formula is C25H46F4. The fourth-order valence-electron chi connectivity index (χ4n) is 3.97. The fraction of sp³-hybridized carbons (Fsp3) is 1.00. The molecule has 0 aromatic carbocycles. The first-order chi connectivity index (χ1) is 14.2. The highest BCUT2D eigenvalue weighted by Gasteiger charge is 2.51. The number of hydrogen-bond acceptors (Lipinski definition) is 0. The van der Waals surface area contributed by atoms with Crippen LogP contribution in [0.4, 0.5) is 17.6 Å². The molecule has 0 bridgehead atoms. The van der Waals surface area contributed by atoms with Crippen LogP contribution < -0.4 is 0 Å². The summed E-state index contributed by atoms with van der Waals surface area (Å²) in [6.07, 6.45) is 4.06. The van der Waals surface area contributed by atoms with Crippen molar-refractivity contribution in [3.63, 3.8) is 0 Å². The summed E-state index contributed by atoms with van der Waals surface area (Å²) in [6, 6.07) is 0. The summed E-state index contributed by atoms with van der Waals surface area (Å²) in [5.74, 6) is -0.216. The second-order valence-electron chi connectivity index (χ2n) is 10.5. The van der Waals surface area contributed by atoms with Crippen molar-refractivity contribution in [1.82, 2.24) is 0 Å². The summed E-state index contributed by atoms with van der Waals surface area (Å²) in [4.78, 5) is 0. The third kappa shape index (κ3) is 10.0. The molecule has 3 fully saturated rings. The van der Waals surface area contributed by atoms with Gasteiger partial charge in [-0.3, -0.25) is 0 Å². The van der Waals surface area contributed by atoms with E-state index in [0.717, 1.165) is 18.8 Å². The van der Waals surface area contributed by atoms with Gasteiger partial charge in [0.2, 0.25) is 0 Å². The van der Waals surface area contributed by atoms with Crippen molar-refractivity contribution in [3.05, 3.63) is 0 Å². The van der Waals surface area contributed by atoms with E-state index in [1.807, 2.05) is 6.92 Å². The van der Waals surface area contributed by atoms with Gasteiger partial charge in [-0.15, -0.1) is 0 Å². The van der Waals surface area contributed by atoms with Gasteiger partial charge in [0, 0.05) is 4.11 Å². The molecule has 0 radical (unpaired) electrons.